The molecular weight excluding hydrogens is 314 g/mol. The Balaban J connectivity index is 1.56. The number of piperidine rings is 1. The molecule has 2 aromatic heterocycles. The van der Waals surface area contributed by atoms with Crippen LogP contribution in [0.3, 0.4) is 0 Å². The van der Waals surface area contributed by atoms with Crippen molar-refractivity contribution in [2.45, 2.75) is 25.7 Å². The number of nitrogens with zero attached hydrogens (tertiary/aromatic N) is 4. The van der Waals surface area contributed by atoms with Crippen LogP contribution in [0.2, 0.25) is 5.15 Å². The second-order valence-electron chi connectivity index (χ2n) is 5.59. The highest BCUT2D eigenvalue weighted by Crippen LogP contribution is 2.26. The summed E-state index contributed by atoms with van der Waals surface area (Å²) in [4.78, 5) is 26.7. The van der Waals surface area contributed by atoms with Gasteiger partial charge in [0.1, 0.15) is 11.0 Å². The van der Waals surface area contributed by atoms with E-state index in [1.807, 2.05) is 17.9 Å². The van der Waals surface area contributed by atoms with E-state index in [0.717, 1.165) is 24.4 Å². The van der Waals surface area contributed by atoms with Crippen molar-refractivity contribution >= 4 is 23.3 Å². The van der Waals surface area contributed by atoms with Gasteiger partial charge in [-0.2, -0.15) is 0 Å². The third-order valence-corrected chi connectivity index (χ3v) is 4.20. The van der Waals surface area contributed by atoms with Crippen molar-refractivity contribution < 1.29 is 4.79 Å². The summed E-state index contributed by atoms with van der Waals surface area (Å²) in [5, 5.41) is 3.25. The van der Waals surface area contributed by atoms with Crippen LogP contribution >= 0.6 is 11.6 Å². The summed E-state index contributed by atoms with van der Waals surface area (Å²) < 4.78 is 0. The van der Waals surface area contributed by atoms with Crippen molar-refractivity contribution in [1.82, 2.24) is 19.9 Å². The van der Waals surface area contributed by atoms with E-state index in [4.69, 9.17) is 11.6 Å². The number of aryl methyl sites for hydroxylation is 1. The number of carbonyl (C=O) groups excluding carboxylic acids is 1. The molecule has 1 fully saturated rings. The summed E-state index contributed by atoms with van der Waals surface area (Å²) in [6.45, 7) is 3.31. The van der Waals surface area contributed by atoms with E-state index in [0.29, 0.717) is 29.8 Å². The fourth-order valence-corrected chi connectivity index (χ4v) is 2.84. The van der Waals surface area contributed by atoms with Crippen LogP contribution in [0.1, 0.15) is 30.3 Å². The van der Waals surface area contributed by atoms with E-state index >= 15 is 0 Å². The van der Waals surface area contributed by atoms with Gasteiger partial charge in [0.05, 0.1) is 11.9 Å². The zero-order chi connectivity index (χ0) is 16.2. The molecule has 3 rings (SSSR count). The topological polar surface area (TPSA) is 71.0 Å². The lowest BCUT2D eigenvalue weighted by molar-refractivity contribution is 0.194. The van der Waals surface area contributed by atoms with E-state index in [-0.39, 0.29) is 6.03 Å². The zero-order valence-electron chi connectivity index (χ0n) is 12.9. The Labute approximate surface area is 139 Å². The molecule has 7 heteroatoms. The number of carbonyl (C=O) groups is 1. The predicted molar refractivity (Wildman–Crippen MR) is 88.6 cm³/mol. The Morgan fingerprint density at radius 2 is 2.04 bits per heavy atom. The van der Waals surface area contributed by atoms with Crippen LogP contribution in [-0.2, 0) is 0 Å². The molecule has 120 valence electrons. The van der Waals surface area contributed by atoms with Gasteiger partial charge in [-0.3, -0.25) is 0 Å². The molecule has 0 aromatic carbocycles. The average Bonchev–Trinajstić information content (AvgIpc) is 2.57. The van der Waals surface area contributed by atoms with Gasteiger partial charge in [-0.15, -0.1) is 0 Å². The first-order valence-electron chi connectivity index (χ1n) is 7.59. The SMILES string of the molecule is Cc1nccc(C2CCN(C(=O)Nc3ccc(Cl)nc3)CC2)n1. The Bertz CT molecular complexity index is 683. The number of likely N-dealkylation sites (tertiary alicyclic amines) is 1. The molecule has 1 aliphatic heterocycles. The van der Waals surface area contributed by atoms with Gasteiger partial charge in [0.15, 0.2) is 0 Å². The highest BCUT2D eigenvalue weighted by Gasteiger charge is 2.24. The quantitative estimate of drug-likeness (QED) is 0.857. The lowest BCUT2D eigenvalue weighted by atomic mass is 9.93. The van der Waals surface area contributed by atoms with E-state index in [9.17, 15) is 4.79 Å². The smallest absolute Gasteiger partial charge is 0.321 e. The number of amides is 2. The largest absolute Gasteiger partial charge is 0.324 e. The summed E-state index contributed by atoms with van der Waals surface area (Å²) in [6, 6.07) is 5.25. The van der Waals surface area contributed by atoms with Crippen molar-refractivity contribution in [2.24, 2.45) is 0 Å². The molecular formula is C16H18ClN5O. The second-order valence-corrected chi connectivity index (χ2v) is 5.98. The van der Waals surface area contributed by atoms with Crippen molar-refractivity contribution in [2.75, 3.05) is 18.4 Å². The number of hydrogen-bond acceptors (Lipinski definition) is 4. The maximum absolute atomic E-state index is 12.3. The minimum atomic E-state index is -0.105. The fraction of sp³-hybridized carbons (Fsp3) is 0.375. The van der Waals surface area contributed by atoms with Gasteiger partial charge in [-0.1, -0.05) is 11.6 Å². The number of rotatable bonds is 2. The molecule has 3 heterocycles. The molecule has 0 saturated carbocycles. The predicted octanol–water partition coefficient (Wildman–Crippen LogP) is 3.24. The third-order valence-electron chi connectivity index (χ3n) is 3.98. The molecule has 0 bridgehead atoms. The van der Waals surface area contributed by atoms with Gasteiger partial charge in [-0.25, -0.2) is 19.7 Å². The first-order valence-corrected chi connectivity index (χ1v) is 7.96. The molecule has 1 aliphatic rings. The Hall–Kier alpha value is -2.21. The van der Waals surface area contributed by atoms with Gasteiger partial charge in [0, 0.05) is 30.9 Å². The van der Waals surface area contributed by atoms with Crippen molar-refractivity contribution in [1.29, 1.82) is 0 Å². The number of pyridine rings is 1. The molecule has 0 spiro atoms. The number of hydrogen-bond donors (Lipinski definition) is 1. The lowest BCUT2D eigenvalue weighted by Crippen LogP contribution is -2.40. The van der Waals surface area contributed by atoms with E-state index in [2.05, 4.69) is 20.3 Å². The second kappa shape index (κ2) is 6.91. The fourth-order valence-electron chi connectivity index (χ4n) is 2.73. The number of urea groups is 1. The minimum absolute atomic E-state index is 0.105. The van der Waals surface area contributed by atoms with E-state index in [1.165, 1.54) is 0 Å². The van der Waals surface area contributed by atoms with E-state index in [1.54, 1.807) is 24.5 Å². The number of aromatic nitrogens is 3. The molecule has 0 atom stereocenters. The Kier molecular flexibility index (Phi) is 4.71. The molecule has 1 N–H and O–H groups in total. The zero-order valence-corrected chi connectivity index (χ0v) is 13.6. The molecule has 6 nitrogen and oxygen atoms in total. The first-order chi connectivity index (χ1) is 11.1. The highest BCUT2D eigenvalue weighted by atomic mass is 35.5. The van der Waals surface area contributed by atoms with Crippen LogP contribution in [0.4, 0.5) is 10.5 Å². The Morgan fingerprint density at radius 1 is 1.26 bits per heavy atom. The summed E-state index contributed by atoms with van der Waals surface area (Å²) >= 11 is 5.74. The molecule has 1 saturated heterocycles. The normalized spacial score (nSPS) is 15.5. The summed E-state index contributed by atoms with van der Waals surface area (Å²) in [7, 11) is 0. The van der Waals surface area contributed by atoms with Gasteiger partial charge in [0.25, 0.3) is 0 Å². The van der Waals surface area contributed by atoms with Gasteiger partial charge in [0.2, 0.25) is 0 Å². The first kappa shape index (κ1) is 15.7. The van der Waals surface area contributed by atoms with Crippen LogP contribution < -0.4 is 5.32 Å². The van der Waals surface area contributed by atoms with Gasteiger partial charge >= 0.3 is 6.03 Å². The standard InChI is InChI=1S/C16H18ClN5O/c1-11-18-7-4-14(20-11)12-5-8-22(9-6-12)16(23)21-13-2-3-15(17)19-10-13/h2-4,7,10,12H,5-6,8-9H2,1H3,(H,21,23). The molecule has 2 aromatic rings. The maximum atomic E-state index is 12.3. The molecule has 2 amide bonds. The number of nitrogens with one attached hydrogen (secondary N) is 1. The monoisotopic (exact) mass is 331 g/mol. The Morgan fingerprint density at radius 3 is 2.70 bits per heavy atom. The van der Waals surface area contributed by atoms with Crippen LogP contribution in [0.25, 0.3) is 0 Å². The number of anilines is 1. The van der Waals surface area contributed by atoms with Gasteiger partial charge < -0.3 is 10.2 Å². The van der Waals surface area contributed by atoms with Gasteiger partial charge in [-0.05, 0) is 38.0 Å². The average molecular weight is 332 g/mol. The molecule has 0 unspecified atom stereocenters. The van der Waals surface area contributed by atoms with Crippen molar-refractivity contribution in [3.05, 3.63) is 47.3 Å². The van der Waals surface area contributed by atoms with Crippen LogP contribution in [0, 0.1) is 6.92 Å². The molecule has 0 aliphatic carbocycles. The van der Waals surface area contributed by atoms with Crippen LogP contribution in [0.15, 0.2) is 30.6 Å². The van der Waals surface area contributed by atoms with E-state index < -0.39 is 0 Å². The summed E-state index contributed by atoms with van der Waals surface area (Å²) in [6.07, 6.45) is 5.16. The summed E-state index contributed by atoms with van der Waals surface area (Å²) in [5.41, 5.74) is 1.72. The third kappa shape index (κ3) is 3.96. The highest BCUT2D eigenvalue weighted by molar-refractivity contribution is 6.29. The lowest BCUT2D eigenvalue weighted by Gasteiger charge is -2.31. The molecule has 0 radical (unpaired) electrons. The minimum Gasteiger partial charge on any atom is -0.324 e. The van der Waals surface area contributed by atoms with Crippen molar-refractivity contribution in [3.8, 4) is 0 Å². The van der Waals surface area contributed by atoms with Crippen LogP contribution in [0.5, 0.6) is 0 Å². The summed E-state index contributed by atoms with van der Waals surface area (Å²) in [5.74, 6) is 1.18. The van der Waals surface area contributed by atoms with Crippen molar-refractivity contribution in [3.63, 3.8) is 0 Å². The molecule has 23 heavy (non-hydrogen) atoms. The van der Waals surface area contributed by atoms with Crippen LogP contribution in [-0.4, -0.2) is 39.0 Å². The maximum Gasteiger partial charge on any atom is 0.321 e. The number of halogens is 1.